The van der Waals surface area contributed by atoms with Crippen LogP contribution in [-0.4, -0.2) is 40.8 Å². The Balaban J connectivity index is 1.44. The number of amides is 2. The summed E-state index contributed by atoms with van der Waals surface area (Å²) < 4.78 is 4.41. The molecule has 2 aromatic carbocycles. The monoisotopic (exact) mass is 571 g/mol. The fraction of sp³-hybridized carbons (Fsp3) is 0.0968. The lowest BCUT2D eigenvalue weighted by molar-refractivity contribution is -0.118. The molecule has 6 aromatic rings. The van der Waals surface area contributed by atoms with Crippen molar-refractivity contribution >= 4 is 34.1 Å². The lowest BCUT2D eigenvalue weighted by atomic mass is 10.0. The summed E-state index contributed by atoms with van der Waals surface area (Å²) in [5, 5.41) is 12.3. The largest absolute Gasteiger partial charge is 0.381 e. The van der Waals surface area contributed by atoms with E-state index in [9.17, 15) is 14.4 Å². The van der Waals surface area contributed by atoms with Gasteiger partial charge >= 0.3 is 0 Å². The van der Waals surface area contributed by atoms with Crippen LogP contribution in [0.25, 0.3) is 22.1 Å². The number of anilines is 1. The molecule has 0 fully saturated rings. The number of rotatable bonds is 6. The topological polar surface area (TPSA) is 168 Å². The Morgan fingerprint density at radius 3 is 2.67 bits per heavy atom. The Hall–Kier alpha value is -6.22. The summed E-state index contributed by atoms with van der Waals surface area (Å²) in [6.45, 7) is 1.73. The average molecular weight is 572 g/mol. The first-order valence-electron chi connectivity index (χ1n) is 13.3. The molecular weight excluding hydrogens is 546 g/mol. The Morgan fingerprint density at radius 2 is 1.88 bits per heavy atom. The predicted molar refractivity (Wildman–Crippen MR) is 160 cm³/mol. The molecule has 43 heavy (non-hydrogen) atoms. The normalized spacial score (nSPS) is 11.7. The molecule has 0 saturated carbocycles. The summed E-state index contributed by atoms with van der Waals surface area (Å²) >= 11 is 0. The van der Waals surface area contributed by atoms with Crippen LogP contribution in [-0.2, 0) is 11.3 Å². The van der Waals surface area contributed by atoms with Gasteiger partial charge in [-0.2, -0.15) is 5.10 Å². The number of hydrogen-bond donors (Lipinski definition) is 3. The van der Waals surface area contributed by atoms with Crippen LogP contribution in [0.4, 0.5) is 5.82 Å². The van der Waals surface area contributed by atoms with Crippen LogP contribution in [0, 0.1) is 11.8 Å². The molecule has 212 valence electrons. The highest BCUT2D eigenvalue weighted by atomic mass is 16.2. The molecule has 0 bridgehead atoms. The van der Waals surface area contributed by atoms with E-state index in [1.807, 2.05) is 48.5 Å². The van der Waals surface area contributed by atoms with Gasteiger partial charge in [0, 0.05) is 35.5 Å². The van der Waals surface area contributed by atoms with E-state index in [2.05, 4.69) is 32.3 Å². The summed E-state index contributed by atoms with van der Waals surface area (Å²) in [6.07, 6.45) is 6.35. The van der Waals surface area contributed by atoms with E-state index in [0.717, 1.165) is 0 Å². The number of nitrogens with zero attached hydrogens (tertiary/aromatic N) is 6. The summed E-state index contributed by atoms with van der Waals surface area (Å²) in [7, 11) is 0. The van der Waals surface area contributed by atoms with E-state index >= 15 is 0 Å². The van der Waals surface area contributed by atoms with Crippen LogP contribution in [0.5, 0.6) is 0 Å². The maximum Gasteiger partial charge on any atom is 0.264 e. The summed E-state index contributed by atoms with van der Waals surface area (Å²) in [6, 6.07) is 17.5. The highest BCUT2D eigenvalue weighted by Gasteiger charge is 2.24. The molecule has 4 aromatic heterocycles. The molecule has 4 heterocycles. The zero-order valence-corrected chi connectivity index (χ0v) is 22.9. The second-order valence-electron chi connectivity index (χ2n) is 9.80. The average Bonchev–Trinajstić information content (AvgIpc) is 3.58. The van der Waals surface area contributed by atoms with E-state index in [0.29, 0.717) is 38.9 Å². The number of hydrogen-bond acceptors (Lipinski definition) is 7. The third-order valence-corrected chi connectivity index (χ3v) is 6.82. The van der Waals surface area contributed by atoms with Crippen LogP contribution in [0.15, 0.2) is 90.2 Å². The van der Waals surface area contributed by atoms with Crippen molar-refractivity contribution in [2.75, 3.05) is 5.73 Å². The highest BCUT2D eigenvalue weighted by molar-refractivity contribution is 6.04. The quantitative estimate of drug-likeness (QED) is 0.258. The Kier molecular flexibility index (Phi) is 6.89. The van der Waals surface area contributed by atoms with Crippen LogP contribution in [0.2, 0.25) is 0 Å². The molecule has 2 amide bonds. The van der Waals surface area contributed by atoms with Crippen molar-refractivity contribution in [3.05, 3.63) is 118 Å². The van der Waals surface area contributed by atoms with Crippen molar-refractivity contribution in [1.29, 1.82) is 0 Å². The molecule has 1 atom stereocenters. The number of nitrogen functional groups attached to an aromatic ring is 1. The van der Waals surface area contributed by atoms with Gasteiger partial charge in [0.25, 0.3) is 11.5 Å². The smallest absolute Gasteiger partial charge is 0.264 e. The van der Waals surface area contributed by atoms with Gasteiger partial charge < -0.3 is 16.8 Å². The van der Waals surface area contributed by atoms with Gasteiger partial charge in [-0.1, -0.05) is 42.2 Å². The summed E-state index contributed by atoms with van der Waals surface area (Å²) in [5.74, 6) is 5.16. The Labute approximate surface area is 244 Å². The molecule has 6 rings (SSSR count). The fourth-order valence-electron chi connectivity index (χ4n) is 4.93. The zero-order chi connectivity index (χ0) is 30.1. The van der Waals surface area contributed by atoms with Crippen molar-refractivity contribution in [3.63, 3.8) is 0 Å². The fourth-order valence-corrected chi connectivity index (χ4v) is 4.93. The Morgan fingerprint density at radius 1 is 1.07 bits per heavy atom. The van der Waals surface area contributed by atoms with Gasteiger partial charge in [-0.05, 0) is 42.6 Å². The van der Waals surface area contributed by atoms with Crippen LogP contribution < -0.4 is 22.3 Å². The van der Waals surface area contributed by atoms with E-state index in [1.165, 1.54) is 15.4 Å². The number of nitrogens with one attached hydrogen (secondary N) is 1. The number of carbonyl (C=O) groups is 2. The molecule has 0 aliphatic rings. The van der Waals surface area contributed by atoms with E-state index in [1.54, 1.807) is 42.2 Å². The van der Waals surface area contributed by atoms with Gasteiger partial charge in [-0.15, -0.1) is 5.10 Å². The van der Waals surface area contributed by atoms with Gasteiger partial charge in [-0.3, -0.25) is 23.6 Å². The number of fused-ring (bicyclic) bond motifs is 2. The summed E-state index contributed by atoms with van der Waals surface area (Å²) in [4.78, 5) is 43.1. The minimum atomic E-state index is -0.617. The minimum absolute atomic E-state index is 0.0470. The maximum absolute atomic E-state index is 14.2. The van der Waals surface area contributed by atoms with Gasteiger partial charge in [-0.25, -0.2) is 9.50 Å². The maximum atomic E-state index is 14.2. The number of carbonyl (C=O) groups excluding carboxylic acids is 2. The van der Waals surface area contributed by atoms with Crippen LogP contribution in [0.1, 0.15) is 40.1 Å². The lowest BCUT2D eigenvalue weighted by Crippen LogP contribution is -2.32. The van der Waals surface area contributed by atoms with Gasteiger partial charge in [0.15, 0.2) is 11.5 Å². The molecular formula is C31H25N9O3. The number of primary amides is 1. The van der Waals surface area contributed by atoms with Gasteiger partial charge in [0.05, 0.1) is 23.2 Å². The van der Waals surface area contributed by atoms with E-state index < -0.39 is 17.9 Å². The van der Waals surface area contributed by atoms with Crippen molar-refractivity contribution in [2.24, 2.45) is 5.73 Å². The second kappa shape index (κ2) is 11.0. The lowest BCUT2D eigenvalue weighted by Gasteiger charge is -2.21. The van der Waals surface area contributed by atoms with Crippen molar-refractivity contribution in [3.8, 4) is 17.5 Å². The van der Waals surface area contributed by atoms with Crippen molar-refractivity contribution in [2.45, 2.75) is 19.5 Å². The molecule has 12 heteroatoms. The molecule has 0 aliphatic heterocycles. The van der Waals surface area contributed by atoms with Gasteiger partial charge in [0.1, 0.15) is 12.1 Å². The van der Waals surface area contributed by atoms with Gasteiger partial charge in [0.2, 0.25) is 5.91 Å². The number of nitrogens with two attached hydrogens (primary N) is 2. The molecule has 1 unspecified atom stereocenters. The molecule has 5 N–H and O–H groups in total. The minimum Gasteiger partial charge on any atom is -0.381 e. The van der Waals surface area contributed by atoms with Crippen LogP contribution >= 0.6 is 0 Å². The molecule has 0 saturated heterocycles. The van der Waals surface area contributed by atoms with Crippen molar-refractivity contribution < 1.29 is 9.59 Å². The predicted octanol–water partition coefficient (Wildman–Crippen LogP) is 2.19. The Bertz CT molecular complexity index is 2150. The first kappa shape index (κ1) is 27.0. The zero-order valence-electron chi connectivity index (χ0n) is 22.9. The molecule has 12 nitrogen and oxygen atoms in total. The van der Waals surface area contributed by atoms with Crippen LogP contribution in [0.3, 0.4) is 0 Å². The molecule has 0 aliphatic carbocycles. The third kappa shape index (κ3) is 5.18. The van der Waals surface area contributed by atoms with E-state index in [4.69, 9.17) is 11.5 Å². The van der Waals surface area contributed by atoms with E-state index in [-0.39, 0.29) is 23.5 Å². The SMILES string of the molecule is CC(NC(=O)c1c(N)nn2cccnc12)c1cc2cccc(C#Cc3cnn(CC(N)=O)c3)c2c(=O)n1-c1ccccc1. The van der Waals surface area contributed by atoms with Crippen molar-refractivity contribution in [1.82, 2.24) is 34.3 Å². The molecule has 0 spiro atoms. The number of benzene rings is 2. The number of pyridine rings is 1. The first-order valence-corrected chi connectivity index (χ1v) is 13.3. The standard InChI is InChI=1S/C31H25N9O3/c1-19(36-30(42)27-28(33)37-39-14-6-13-34-29(27)39)24-15-22-8-5-7-21(12-11-20-16-35-38(17-20)18-25(32)41)26(22)31(43)40(24)23-9-3-2-4-10-23/h2-10,13-17,19H,18H2,1H3,(H2,32,41)(H2,33,37)(H,36,42). The first-order chi connectivity index (χ1) is 20.8. The number of aromatic nitrogens is 6. The number of para-hydroxylation sites is 1. The summed E-state index contributed by atoms with van der Waals surface area (Å²) in [5.41, 5.74) is 13.8. The molecule has 0 radical (unpaired) electrons. The second-order valence-corrected chi connectivity index (χ2v) is 9.80. The third-order valence-electron chi connectivity index (χ3n) is 6.82. The highest BCUT2D eigenvalue weighted by Crippen LogP contribution is 2.24.